The zero-order valence-corrected chi connectivity index (χ0v) is 25.3. The molecular weight excluding hydrogens is 517 g/mol. The van der Waals surface area contributed by atoms with Gasteiger partial charge in [0, 0.05) is 0 Å². The van der Waals surface area contributed by atoms with E-state index in [2.05, 4.69) is 44.9 Å². The van der Waals surface area contributed by atoms with E-state index in [4.69, 9.17) is 9.47 Å². The number of anilines is 1. The monoisotopic (exact) mass is 569 g/mol. The summed E-state index contributed by atoms with van der Waals surface area (Å²) in [4.78, 5) is 28.0. The lowest BCUT2D eigenvalue weighted by Gasteiger charge is -2.18. The number of nitrogens with one attached hydrogen (secondary N) is 1. The van der Waals surface area contributed by atoms with Crippen molar-refractivity contribution in [3.05, 3.63) is 22.5 Å². The van der Waals surface area contributed by atoms with Gasteiger partial charge in [-0.25, -0.2) is 14.0 Å². The highest BCUT2D eigenvalue weighted by Crippen LogP contribution is 2.28. The van der Waals surface area contributed by atoms with Crippen molar-refractivity contribution in [2.45, 2.75) is 130 Å². The summed E-state index contributed by atoms with van der Waals surface area (Å²) in [5.41, 5.74) is -0.943. The van der Waals surface area contributed by atoms with Crippen molar-refractivity contribution < 1.29 is 28.9 Å². The Morgan fingerprint density at radius 2 is 1.50 bits per heavy atom. The Bertz CT molecular complexity index is 958. The van der Waals surface area contributed by atoms with Gasteiger partial charge in [0.25, 0.3) is 0 Å². The number of rotatable bonds is 17. The molecule has 1 aliphatic rings. The molecule has 0 bridgehead atoms. The third-order valence-electron chi connectivity index (χ3n) is 7.99. The molecule has 0 saturated carbocycles. The lowest BCUT2D eigenvalue weighted by atomic mass is 9.91. The molecule has 2 heterocycles. The minimum Gasteiger partial charge on any atom is -0.449 e. The van der Waals surface area contributed by atoms with Gasteiger partial charge in [-0.05, 0) is 37.0 Å². The van der Waals surface area contributed by atoms with Crippen molar-refractivity contribution in [1.82, 2.24) is 9.55 Å². The fourth-order valence-electron chi connectivity index (χ4n) is 5.20. The van der Waals surface area contributed by atoms with Gasteiger partial charge >= 0.3 is 11.8 Å². The highest BCUT2D eigenvalue weighted by Gasteiger charge is 2.42. The number of aromatic nitrogens is 2. The molecule has 3 N–H and O–H groups in total. The van der Waals surface area contributed by atoms with Crippen molar-refractivity contribution in [2.24, 2.45) is 23.7 Å². The molecule has 7 atom stereocenters. The zero-order valence-electron chi connectivity index (χ0n) is 25.3. The zero-order chi connectivity index (χ0) is 29.8. The molecule has 1 aromatic rings. The minimum atomic E-state index is -1.42. The first-order valence-corrected chi connectivity index (χ1v) is 15.1. The number of ether oxygens (including phenoxy) is 2. The van der Waals surface area contributed by atoms with Crippen molar-refractivity contribution in [3.63, 3.8) is 0 Å². The summed E-state index contributed by atoms with van der Waals surface area (Å²) in [6, 6.07) is 0. The second kappa shape index (κ2) is 17.0. The first-order chi connectivity index (χ1) is 18.9. The van der Waals surface area contributed by atoms with Crippen LogP contribution in [0.5, 0.6) is 0 Å². The number of hydrogen-bond donors (Lipinski definition) is 3. The van der Waals surface area contributed by atoms with Gasteiger partial charge in [0.15, 0.2) is 17.9 Å². The largest absolute Gasteiger partial charge is 0.449 e. The summed E-state index contributed by atoms with van der Waals surface area (Å²) in [7, 11) is 0. The van der Waals surface area contributed by atoms with Gasteiger partial charge < -0.3 is 19.7 Å². The number of carbonyl (C=O) groups is 1. The molecular formula is C30H52FN3O6. The number of aliphatic hydroxyl groups excluding tert-OH is 2. The standard InChI is InChI=1S/C30H52FN3O6/c1-19(2)10-7-11-20(3)12-8-13-21(4)14-9-15-22(5)16-17-39-30(38)33-27-24(31)18-34(29(37)32-27)28-26(36)25(35)23(6)40-28/h18-23,25-26,28,35-36H,7-17H2,1-6H3,(H,32,33,37,38)/t20-,21-,22-,23-,25+,26-,28-/m1/s1. The van der Waals surface area contributed by atoms with Gasteiger partial charge in [0.2, 0.25) is 0 Å². The average molecular weight is 570 g/mol. The molecule has 0 unspecified atom stereocenters. The van der Waals surface area contributed by atoms with Crippen LogP contribution in [-0.2, 0) is 9.47 Å². The molecule has 1 aromatic heterocycles. The van der Waals surface area contributed by atoms with Crippen LogP contribution in [-0.4, -0.2) is 50.8 Å². The van der Waals surface area contributed by atoms with E-state index in [0.29, 0.717) is 18.3 Å². The maximum atomic E-state index is 14.5. The van der Waals surface area contributed by atoms with E-state index in [9.17, 15) is 24.2 Å². The number of carbonyl (C=O) groups excluding carboxylic acids is 1. The molecule has 2 rings (SSSR count). The Hall–Kier alpha value is -2.04. The second-order valence-corrected chi connectivity index (χ2v) is 12.4. The number of halogens is 1. The highest BCUT2D eigenvalue weighted by atomic mass is 19.1. The number of aliphatic hydroxyl groups is 2. The smallest absolute Gasteiger partial charge is 0.412 e. The topological polar surface area (TPSA) is 123 Å². The predicted molar refractivity (Wildman–Crippen MR) is 154 cm³/mol. The molecule has 0 radical (unpaired) electrons. The molecule has 0 aromatic carbocycles. The molecule has 0 aliphatic carbocycles. The van der Waals surface area contributed by atoms with E-state index in [0.717, 1.165) is 35.4 Å². The summed E-state index contributed by atoms with van der Waals surface area (Å²) >= 11 is 0. The first kappa shape index (κ1) is 34.2. The van der Waals surface area contributed by atoms with Crippen molar-refractivity contribution >= 4 is 11.9 Å². The SMILES string of the molecule is CC(C)CCC[C@@H](C)CCC[C@@H](C)CCC[C@@H](C)CCOC(=O)Nc1nc(=O)n([C@@H]2O[C@H](C)[C@H](O)[C@H]2O)cc1F. The van der Waals surface area contributed by atoms with E-state index in [-0.39, 0.29) is 6.61 Å². The Balaban J connectivity index is 1.62. The molecule has 1 amide bonds. The van der Waals surface area contributed by atoms with E-state index in [1.54, 1.807) is 0 Å². The third kappa shape index (κ3) is 11.4. The van der Waals surface area contributed by atoms with Crippen LogP contribution in [0.1, 0.15) is 112 Å². The molecule has 0 spiro atoms. The van der Waals surface area contributed by atoms with E-state index >= 15 is 0 Å². The maximum Gasteiger partial charge on any atom is 0.412 e. The predicted octanol–water partition coefficient (Wildman–Crippen LogP) is 6.04. The van der Waals surface area contributed by atoms with Gasteiger partial charge in [0.05, 0.1) is 18.9 Å². The summed E-state index contributed by atoms with van der Waals surface area (Å²) in [6.07, 6.45) is 7.20. The second-order valence-electron chi connectivity index (χ2n) is 12.4. The number of amides is 1. The van der Waals surface area contributed by atoms with Gasteiger partial charge in [-0.1, -0.05) is 92.4 Å². The highest BCUT2D eigenvalue weighted by molar-refractivity contribution is 5.83. The summed E-state index contributed by atoms with van der Waals surface area (Å²) in [5, 5.41) is 22.0. The van der Waals surface area contributed by atoms with Crippen molar-refractivity contribution in [1.29, 1.82) is 0 Å². The van der Waals surface area contributed by atoms with Gasteiger partial charge in [-0.3, -0.25) is 9.88 Å². The molecule has 1 aliphatic heterocycles. The number of nitrogens with zero attached hydrogens (tertiary/aromatic N) is 2. The number of hydrogen-bond acceptors (Lipinski definition) is 7. The molecule has 1 fully saturated rings. The maximum absolute atomic E-state index is 14.5. The molecule has 1 saturated heterocycles. The molecule has 10 heteroatoms. The Morgan fingerprint density at radius 1 is 0.975 bits per heavy atom. The molecule has 40 heavy (non-hydrogen) atoms. The van der Waals surface area contributed by atoms with Crippen LogP contribution >= 0.6 is 0 Å². The van der Waals surface area contributed by atoms with Crippen LogP contribution < -0.4 is 11.0 Å². The van der Waals surface area contributed by atoms with Crippen LogP contribution in [0.4, 0.5) is 15.0 Å². The van der Waals surface area contributed by atoms with E-state index in [1.807, 2.05) is 0 Å². The lowest BCUT2D eigenvalue weighted by Crippen LogP contribution is -2.36. The van der Waals surface area contributed by atoms with Crippen LogP contribution in [0.25, 0.3) is 0 Å². The minimum absolute atomic E-state index is 0.174. The summed E-state index contributed by atoms with van der Waals surface area (Å²) < 4.78 is 25.8. The lowest BCUT2D eigenvalue weighted by molar-refractivity contribution is -0.0355. The average Bonchev–Trinajstić information content (AvgIpc) is 3.12. The van der Waals surface area contributed by atoms with Crippen LogP contribution in [0.3, 0.4) is 0 Å². The van der Waals surface area contributed by atoms with E-state index in [1.165, 1.54) is 51.9 Å². The summed E-state index contributed by atoms with van der Waals surface area (Å²) in [5.74, 6) is 1.15. The van der Waals surface area contributed by atoms with Crippen LogP contribution in [0.15, 0.2) is 11.0 Å². The fraction of sp³-hybridized carbons (Fsp3) is 0.833. The fourth-order valence-corrected chi connectivity index (χ4v) is 5.20. The Kier molecular flexibility index (Phi) is 14.6. The van der Waals surface area contributed by atoms with Crippen LogP contribution in [0.2, 0.25) is 0 Å². The summed E-state index contributed by atoms with van der Waals surface area (Å²) in [6.45, 7) is 13.1. The van der Waals surface area contributed by atoms with E-state index < -0.39 is 48.0 Å². The quantitative estimate of drug-likeness (QED) is 0.209. The molecule has 230 valence electrons. The molecule has 9 nitrogen and oxygen atoms in total. The van der Waals surface area contributed by atoms with Crippen molar-refractivity contribution in [3.8, 4) is 0 Å². The van der Waals surface area contributed by atoms with Crippen LogP contribution in [0, 0.1) is 29.5 Å². The van der Waals surface area contributed by atoms with Gasteiger partial charge in [0.1, 0.15) is 12.2 Å². The Morgan fingerprint density at radius 3 is 2.00 bits per heavy atom. The van der Waals surface area contributed by atoms with Gasteiger partial charge in [-0.15, -0.1) is 0 Å². The van der Waals surface area contributed by atoms with Gasteiger partial charge in [-0.2, -0.15) is 4.98 Å². The Labute approximate surface area is 238 Å². The normalized spacial score (nSPS) is 23.2. The van der Waals surface area contributed by atoms with Crippen molar-refractivity contribution in [2.75, 3.05) is 11.9 Å². The first-order valence-electron chi connectivity index (χ1n) is 15.1. The third-order valence-corrected chi connectivity index (χ3v) is 7.99.